The molecular formula is C23H19N3O2. The van der Waals surface area contributed by atoms with Gasteiger partial charge in [0, 0.05) is 11.1 Å². The van der Waals surface area contributed by atoms with Crippen molar-refractivity contribution in [2.24, 2.45) is 0 Å². The Hall–Kier alpha value is -3.73. The number of carbonyl (C=O) groups excluding carboxylic acids is 2. The normalized spacial score (nSPS) is 10.7. The third-order valence-corrected chi connectivity index (χ3v) is 4.49. The highest BCUT2D eigenvalue weighted by atomic mass is 16.2. The molecule has 1 amide bonds. The van der Waals surface area contributed by atoms with Crippen LogP contribution in [-0.4, -0.2) is 21.6 Å². The van der Waals surface area contributed by atoms with Gasteiger partial charge in [-0.3, -0.25) is 9.59 Å². The molecule has 0 bridgehead atoms. The SMILES string of the molecule is O=C(Cc1ccccc1)Nc1ccc2c(cnn2C(=O)Cc2ccccc2)c1. The van der Waals surface area contributed by atoms with E-state index >= 15 is 0 Å². The molecule has 5 heteroatoms. The van der Waals surface area contributed by atoms with Gasteiger partial charge in [-0.05, 0) is 29.3 Å². The first-order valence-electron chi connectivity index (χ1n) is 9.08. The smallest absolute Gasteiger partial charge is 0.251 e. The summed E-state index contributed by atoms with van der Waals surface area (Å²) in [6.07, 6.45) is 2.24. The maximum absolute atomic E-state index is 12.6. The quantitative estimate of drug-likeness (QED) is 0.576. The molecule has 0 saturated heterocycles. The maximum atomic E-state index is 12.6. The van der Waals surface area contributed by atoms with Crippen LogP contribution in [0.1, 0.15) is 15.9 Å². The second-order valence-electron chi connectivity index (χ2n) is 6.60. The fourth-order valence-corrected chi connectivity index (χ4v) is 3.14. The number of rotatable bonds is 5. The molecule has 1 aromatic heterocycles. The lowest BCUT2D eigenvalue weighted by atomic mass is 10.1. The third-order valence-electron chi connectivity index (χ3n) is 4.49. The van der Waals surface area contributed by atoms with Crippen LogP contribution >= 0.6 is 0 Å². The lowest BCUT2D eigenvalue weighted by Crippen LogP contribution is -2.15. The van der Waals surface area contributed by atoms with Gasteiger partial charge in [0.25, 0.3) is 5.91 Å². The van der Waals surface area contributed by atoms with Gasteiger partial charge in [-0.25, -0.2) is 0 Å². The fourth-order valence-electron chi connectivity index (χ4n) is 3.14. The first kappa shape index (κ1) is 17.7. The van der Waals surface area contributed by atoms with Crippen molar-refractivity contribution in [1.29, 1.82) is 0 Å². The van der Waals surface area contributed by atoms with Gasteiger partial charge < -0.3 is 5.32 Å². The van der Waals surface area contributed by atoms with E-state index in [4.69, 9.17) is 0 Å². The number of nitrogens with zero attached hydrogens (tertiary/aromatic N) is 2. The van der Waals surface area contributed by atoms with Crippen LogP contribution in [0.4, 0.5) is 5.69 Å². The van der Waals surface area contributed by atoms with Crippen LogP contribution in [0, 0.1) is 0 Å². The number of amides is 1. The Kier molecular flexibility index (Phi) is 4.97. The summed E-state index contributed by atoms with van der Waals surface area (Å²) in [7, 11) is 0. The number of anilines is 1. The van der Waals surface area contributed by atoms with Crippen LogP contribution in [-0.2, 0) is 17.6 Å². The van der Waals surface area contributed by atoms with E-state index < -0.39 is 0 Å². The number of benzene rings is 3. The number of nitrogens with one attached hydrogen (secondary N) is 1. The van der Waals surface area contributed by atoms with Crippen molar-refractivity contribution in [3.05, 3.63) is 96.2 Å². The third kappa shape index (κ3) is 3.99. The highest BCUT2D eigenvalue weighted by Crippen LogP contribution is 2.20. The lowest BCUT2D eigenvalue weighted by Gasteiger charge is -2.06. The largest absolute Gasteiger partial charge is 0.326 e. The van der Waals surface area contributed by atoms with Gasteiger partial charge in [0.1, 0.15) is 0 Å². The van der Waals surface area contributed by atoms with Crippen molar-refractivity contribution >= 4 is 28.4 Å². The van der Waals surface area contributed by atoms with E-state index in [1.807, 2.05) is 72.8 Å². The van der Waals surface area contributed by atoms with E-state index in [9.17, 15) is 9.59 Å². The van der Waals surface area contributed by atoms with Gasteiger partial charge in [0.2, 0.25) is 5.91 Å². The Morgan fingerprint density at radius 1 is 0.821 bits per heavy atom. The fraction of sp³-hybridized carbons (Fsp3) is 0.0870. The van der Waals surface area contributed by atoms with Crippen molar-refractivity contribution in [2.45, 2.75) is 12.8 Å². The van der Waals surface area contributed by atoms with Crippen LogP contribution in [0.3, 0.4) is 0 Å². The average molecular weight is 369 g/mol. The molecule has 28 heavy (non-hydrogen) atoms. The molecule has 0 aliphatic heterocycles. The zero-order valence-electron chi connectivity index (χ0n) is 15.2. The monoisotopic (exact) mass is 369 g/mol. The average Bonchev–Trinajstić information content (AvgIpc) is 3.13. The van der Waals surface area contributed by atoms with E-state index in [0.29, 0.717) is 12.1 Å². The van der Waals surface area contributed by atoms with Crippen LogP contribution in [0.25, 0.3) is 10.9 Å². The minimum absolute atomic E-state index is 0.0851. The zero-order chi connectivity index (χ0) is 19.3. The first-order chi connectivity index (χ1) is 13.7. The minimum Gasteiger partial charge on any atom is -0.326 e. The molecule has 0 unspecified atom stereocenters. The molecule has 3 aromatic carbocycles. The zero-order valence-corrected chi connectivity index (χ0v) is 15.2. The first-order valence-corrected chi connectivity index (χ1v) is 9.08. The van der Waals surface area contributed by atoms with Gasteiger partial charge in [-0.15, -0.1) is 0 Å². The summed E-state index contributed by atoms with van der Waals surface area (Å²) in [5.74, 6) is -0.180. The van der Waals surface area contributed by atoms with Crippen molar-refractivity contribution < 1.29 is 9.59 Å². The number of aromatic nitrogens is 2. The summed E-state index contributed by atoms with van der Waals surface area (Å²) < 4.78 is 1.41. The summed E-state index contributed by atoms with van der Waals surface area (Å²) in [5, 5.41) is 7.94. The highest BCUT2D eigenvalue weighted by molar-refractivity contribution is 5.97. The van der Waals surface area contributed by atoms with Crippen molar-refractivity contribution in [3.63, 3.8) is 0 Å². The summed E-state index contributed by atoms with van der Waals surface area (Å²) in [5.41, 5.74) is 3.31. The van der Waals surface area contributed by atoms with Crippen LogP contribution in [0.15, 0.2) is 85.1 Å². The molecule has 5 nitrogen and oxygen atoms in total. The predicted molar refractivity (Wildman–Crippen MR) is 109 cm³/mol. The molecule has 4 rings (SSSR count). The van der Waals surface area contributed by atoms with E-state index in [1.165, 1.54) is 4.68 Å². The Balaban J connectivity index is 1.48. The maximum Gasteiger partial charge on any atom is 0.251 e. The van der Waals surface area contributed by atoms with Crippen LogP contribution in [0.5, 0.6) is 0 Å². The summed E-state index contributed by atoms with van der Waals surface area (Å²) >= 11 is 0. The Morgan fingerprint density at radius 3 is 2.14 bits per heavy atom. The number of hydrogen-bond acceptors (Lipinski definition) is 3. The number of hydrogen-bond donors (Lipinski definition) is 1. The molecule has 0 fully saturated rings. The molecule has 0 aliphatic carbocycles. The second kappa shape index (κ2) is 7.88. The molecular weight excluding hydrogens is 350 g/mol. The second-order valence-corrected chi connectivity index (χ2v) is 6.60. The molecule has 1 heterocycles. The Bertz CT molecular complexity index is 1120. The van der Waals surface area contributed by atoms with Gasteiger partial charge >= 0.3 is 0 Å². The summed E-state index contributed by atoms with van der Waals surface area (Å²) in [4.78, 5) is 24.8. The van der Waals surface area contributed by atoms with Gasteiger partial charge in [-0.2, -0.15) is 9.78 Å². The predicted octanol–water partition coefficient (Wildman–Crippen LogP) is 4.10. The highest BCUT2D eigenvalue weighted by Gasteiger charge is 2.12. The molecule has 0 radical (unpaired) electrons. The number of carbonyl (C=O) groups is 2. The topological polar surface area (TPSA) is 64.0 Å². The molecule has 0 atom stereocenters. The van der Waals surface area contributed by atoms with Crippen molar-refractivity contribution in [1.82, 2.24) is 9.78 Å². The molecule has 138 valence electrons. The molecule has 0 spiro atoms. The molecule has 1 N–H and O–H groups in total. The van der Waals surface area contributed by atoms with Gasteiger partial charge in [-0.1, -0.05) is 60.7 Å². The molecule has 0 saturated carbocycles. The van der Waals surface area contributed by atoms with Gasteiger partial charge in [0.05, 0.1) is 24.6 Å². The van der Waals surface area contributed by atoms with E-state index in [0.717, 1.165) is 22.0 Å². The van der Waals surface area contributed by atoms with Crippen molar-refractivity contribution in [3.8, 4) is 0 Å². The van der Waals surface area contributed by atoms with E-state index in [-0.39, 0.29) is 18.2 Å². The van der Waals surface area contributed by atoms with Crippen LogP contribution in [0.2, 0.25) is 0 Å². The minimum atomic E-state index is -0.0953. The van der Waals surface area contributed by atoms with E-state index in [2.05, 4.69) is 10.4 Å². The van der Waals surface area contributed by atoms with E-state index in [1.54, 1.807) is 12.3 Å². The number of fused-ring (bicyclic) bond motifs is 1. The van der Waals surface area contributed by atoms with Crippen molar-refractivity contribution in [2.75, 3.05) is 5.32 Å². The standard InChI is InChI=1S/C23H19N3O2/c27-22(13-17-7-3-1-4-8-17)25-20-11-12-21-19(15-20)16-24-26(21)23(28)14-18-9-5-2-6-10-18/h1-12,15-16H,13-14H2,(H,25,27). The van der Waals surface area contributed by atoms with Crippen LogP contribution < -0.4 is 5.32 Å². The molecule has 0 aliphatic rings. The molecule has 4 aromatic rings. The lowest BCUT2D eigenvalue weighted by molar-refractivity contribution is -0.115. The Morgan fingerprint density at radius 2 is 1.46 bits per heavy atom. The van der Waals surface area contributed by atoms with Gasteiger partial charge in [0.15, 0.2) is 0 Å². The summed E-state index contributed by atoms with van der Waals surface area (Å²) in [6, 6.07) is 24.6. The summed E-state index contributed by atoms with van der Waals surface area (Å²) in [6.45, 7) is 0. The Labute approximate surface area is 162 Å².